The molecule has 1 aliphatic heterocycles. The molecule has 1 saturated heterocycles. The van der Waals surface area contributed by atoms with Gasteiger partial charge in [0.2, 0.25) is 11.8 Å². The molecule has 0 aromatic heterocycles. The summed E-state index contributed by atoms with van der Waals surface area (Å²) < 4.78 is 0. The molecule has 3 rings (SSSR count). The summed E-state index contributed by atoms with van der Waals surface area (Å²) in [5.74, 6) is 0.171. The van der Waals surface area contributed by atoms with Gasteiger partial charge >= 0.3 is 0 Å². The summed E-state index contributed by atoms with van der Waals surface area (Å²) in [7, 11) is 0. The number of nitrogens with one attached hydrogen (secondary N) is 2. The SMILES string of the molecule is Cc1cc(C)c(NC(=O)CC(=O)Nc2ccc(N3CCC(C)CC3)cc2)c(C)c1. The first-order valence-electron chi connectivity index (χ1n) is 10.3. The lowest BCUT2D eigenvalue weighted by atomic mass is 9.99. The lowest BCUT2D eigenvalue weighted by Crippen LogP contribution is -2.32. The maximum Gasteiger partial charge on any atom is 0.233 e. The number of nitrogens with zero attached hydrogens (tertiary/aromatic N) is 1. The molecule has 2 N–H and O–H groups in total. The smallest absolute Gasteiger partial charge is 0.233 e. The van der Waals surface area contributed by atoms with Crippen LogP contribution in [0.4, 0.5) is 17.1 Å². The lowest BCUT2D eigenvalue weighted by Gasteiger charge is -2.32. The van der Waals surface area contributed by atoms with E-state index in [2.05, 4.69) is 22.5 Å². The van der Waals surface area contributed by atoms with Gasteiger partial charge in [0.25, 0.3) is 0 Å². The van der Waals surface area contributed by atoms with Gasteiger partial charge in [0.1, 0.15) is 6.42 Å². The van der Waals surface area contributed by atoms with Crippen molar-refractivity contribution >= 4 is 28.9 Å². The number of carbonyl (C=O) groups is 2. The number of hydrogen-bond acceptors (Lipinski definition) is 3. The van der Waals surface area contributed by atoms with Crippen LogP contribution in [0.25, 0.3) is 0 Å². The molecule has 29 heavy (non-hydrogen) atoms. The number of hydrogen-bond donors (Lipinski definition) is 2. The first-order valence-corrected chi connectivity index (χ1v) is 10.3. The zero-order valence-electron chi connectivity index (χ0n) is 17.8. The Bertz CT molecular complexity index is 858. The average molecular weight is 394 g/mol. The van der Waals surface area contributed by atoms with Crippen LogP contribution in [0.3, 0.4) is 0 Å². The third kappa shape index (κ3) is 5.59. The number of amides is 2. The second-order valence-corrected chi connectivity index (χ2v) is 8.26. The minimum absolute atomic E-state index is 0.210. The van der Waals surface area contributed by atoms with Crippen molar-refractivity contribution in [2.24, 2.45) is 5.92 Å². The summed E-state index contributed by atoms with van der Waals surface area (Å²) in [6, 6.07) is 11.9. The summed E-state index contributed by atoms with van der Waals surface area (Å²) in [6.45, 7) is 10.4. The Labute approximate surface area is 173 Å². The van der Waals surface area contributed by atoms with Crippen molar-refractivity contribution in [2.75, 3.05) is 28.6 Å². The summed E-state index contributed by atoms with van der Waals surface area (Å²) >= 11 is 0. The van der Waals surface area contributed by atoms with E-state index in [9.17, 15) is 9.59 Å². The van der Waals surface area contributed by atoms with Crippen LogP contribution in [-0.2, 0) is 9.59 Å². The molecule has 1 heterocycles. The largest absolute Gasteiger partial charge is 0.372 e. The Morgan fingerprint density at radius 2 is 1.48 bits per heavy atom. The molecule has 2 aromatic rings. The normalized spacial score (nSPS) is 14.6. The molecule has 1 fully saturated rings. The summed E-state index contributed by atoms with van der Waals surface area (Å²) in [5, 5.41) is 5.69. The number of benzene rings is 2. The van der Waals surface area contributed by atoms with E-state index in [0.717, 1.165) is 41.4 Å². The number of anilines is 3. The third-order valence-electron chi connectivity index (χ3n) is 5.56. The first kappa shape index (κ1) is 20.9. The zero-order valence-corrected chi connectivity index (χ0v) is 17.8. The maximum absolute atomic E-state index is 12.3. The van der Waals surface area contributed by atoms with Gasteiger partial charge < -0.3 is 15.5 Å². The summed E-state index contributed by atoms with van der Waals surface area (Å²) in [5.41, 5.74) is 5.82. The van der Waals surface area contributed by atoms with Crippen LogP contribution in [0.15, 0.2) is 36.4 Å². The van der Waals surface area contributed by atoms with Crippen LogP contribution < -0.4 is 15.5 Å². The lowest BCUT2D eigenvalue weighted by molar-refractivity contribution is -0.123. The van der Waals surface area contributed by atoms with Crippen molar-refractivity contribution in [1.29, 1.82) is 0 Å². The van der Waals surface area contributed by atoms with E-state index in [1.165, 1.54) is 18.5 Å². The van der Waals surface area contributed by atoms with Crippen LogP contribution in [-0.4, -0.2) is 24.9 Å². The molecule has 2 amide bonds. The van der Waals surface area contributed by atoms with Gasteiger partial charge in [-0.3, -0.25) is 9.59 Å². The van der Waals surface area contributed by atoms with Crippen molar-refractivity contribution in [3.05, 3.63) is 53.1 Å². The minimum Gasteiger partial charge on any atom is -0.372 e. The van der Waals surface area contributed by atoms with Crippen molar-refractivity contribution in [3.63, 3.8) is 0 Å². The predicted molar refractivity (Wildman–Crippen MR) is 120 cm³/mol. The van der Waals surface area contributed by atoms with Crippen molar-refractivity contribution in [2.45, 2.75) is 47.0 Å². The van der Waals surface area contributed by atoms with E-state index >= 15 is 0 Å². The quantitative estimate of drug-likeness (QED) is 0.716. The van der Waals surface area contributed by atoms with E-state index < -0.39 is 0 Å². The van der Waals surface area contributed by atoms with E-state index in [4.69, 9.17) is 0 Å². The monoisotopic (exact) mass is 393 g/mol. The standard InChI is InChI=1S/C24H31N3O2/c1-16-9-11-27(12-10-16)21-7-5-20(6-8-21)25-22(28)15-23(29)26-24-18(3)13-17(2)14-19(24)4/h5-8,13-14,16H,9-12,15H2,1-4H3,(H,25,28)(H,26,29). The third-order valence-corrected chi connectivity index (χ3v) is 5.56. The number of carbonyl (C=O) groups excluding carboxylic acids is 2. The van der Waals surface area contributed by atoms with Gasteiger partial charge in [-0.25, -0.2) is 0 Å². The van der Waals surface area contributed by atoms with Crippen LogP contribution in [0.1, 0.15) is 42.9 Å². The molecule has 1 aliphatic rings. The summed E-state index contributed by atoms with van der Waals surface area (Å²) in [4.78, 5) is 27.0. The number of aryl methyl sites for hydroxylation is 3. The fourth-order valence-corrected chi connectivity index (χ4v) is 3.93. The highest BCUT2D eigenvalue weighted by Crippen LogP contribution is 2.25. The summed E-state index contributed by atoms with van der Waals surface area (Å²) in [6.07, 6.45) is 2.22. The molecule has 0 aliphatic carbocycles. The second-order valence-electron chi connectivity index (χ2n) is 8.26. The van der Waals surface area contributed by atoms with Crippen LogP contribution in [0.2, 0.25) is 0 Å². The molecule has 5 heteroatoms. The molecule has 0 atom stereocenters. The molecule has 0 spiro atoms. The minimum atomic E-state index is -0.315. The van der Waals surface area contributed by atoms with Crippen molar-refractivity contribution < 1.29 is 9.59 Å². The van der Waals surface area contributed by atoms with Gasteiger partial charge in [-0.05, 0) is 74.9 Å². The van der Waals surface area contributed by atoms with Gasteiger partial charge in [-0.15, -0.1) is 0 Å². The Morgan fingerprint density at radius 1 is 0.931 bits per heavy atom. The van der Waals surface area contributed by atoms with E-state index in [0.29, 0.717) is 5.69 Å². The maximum atomic E-state index is 12.3. The number of rotatable bonds is 5. The molecular weight excluding hydrogens is 362 g/mol. The fraction of sp³-hybridized carbons (Fsp3) is 0.417. The average Bonchev–Trinajstić information content (AvgIpc) is 2.66. The first-order chi connectivity index (χ1) is 13.8. The van der Waals surface area contributed by atoms with Gasteiger partial charge in [0, 0.05) is 30.2 Å². The van der Waals surface area contributed by atoms with Gasteiger partial charge in [0.05, 0.1) is 0 Å². The molecule has 0 unspecified atom stereocenters. The topological polar surface area (TPSA) is 61.4 Å². The zero-order chi connectivity index (χ0) is 21.0. The Balaban J connectivity index is 1.53. The van der Waals surface area contributed by atoms with Gasteiger partial charge in [0.15, 0.2) is 0 Å². The van der Waals surface area contributed by atoms with Crippen LogP contribution in [0, 0.1) is 26.7 Å². The Morgan fingerprint density at radius 3 is 2.07 bits per heavy atom. The molecule has 0 saturated carbocycles. The molecule has 154 valence electrons. The predicted octanol–water partition coefficient (Wildman–Crippen LogP) is 4.82. The molecule has 0 bridgehead atoms. The van der Waals surface area contributed by atoms with Gasteiger partial charge in [-0.1, -0.05) is 24.6 Å². The number of piperidine rings is 1. The van der Waals surface area contributed by atoms with Gasteiger partial charge in [-0.2, -0.15) is 0 Å². The van der Waals surface area contributed by atoms with Crippen LogP contribution >= 0.6 is 0 Å². The molecule has 0 radical (unpaired) electrons. The van der Waals surface area contributed by atoms with E-state index in [1.54, 1.807) is 0 Å². The Kier molecular flexibility index (Phi) is 6.57. The highest BCUT2D eigenvalue weighted by Gasteiger charge is 2.16. The Hall–Kier alpha value is -2.82. The fourth-order valence-electron chi connectivity index (χ4n) is 3.93. The molecule has 2 aromatic carbocycles. The molecular formula is C24H31N3O2. The molecule has 5 nitrogen and oxygen atoms in total. The van der Waals surface area contributed by atoms with Crippen LogP contribution in [0.5, 0.6) is 0 Å². The highest BCUT2D eigenvalue weighted by atomic mass is 16.2. The van der Waals surface area contributed by atoms with E-state index in [1.807, 2.05) is 57.2 Å². The highest BCUT2D eigenvalue weighted by molar-refractivity contribution is 6.08. The van der Waals surface area contributed by atoms with E-state index in [-0.39, 0.29) is 18.2 Å². The second kappa shape index (κ2) is 9.12. The van der Waals surface area contributed by atoms with Crippen molar-refractivity contribution in [3.8, 4) is 0 Å². The van der Waals surface area contributed by atoms with Crippen molar-refractivity contribution in [1.82, 2.24) is 0 Å².